The third-order valence-corrected chi connectivity index (χ3v) is 2.55. The average Bonchev–Trinajstić information content (AvgIpc) is 2.39. The van der Waals surface area contributed by atoms with Crippen LogP contribution in [0.1, 0.15) is 5.69 Å². The van der Waals surface area contributed by atoms with E-state index in [-0.39, 0.29) is 6.03 Å². The lowest BCUT2D eigenvalue weighted by molar-refractivity contribution is 0.254. The second kappa shape index (κ2) is 5.31. The highest BCUT2D eigenvalue weighted by Crippen LogP contribution is 2.19. The molecule has 4 heteroatoms. The van der Waals surface area contributed by atoms with Crippen LogP contribution in [0.15, 0.2) is 42.5 Å². The number of hydrogen-bond donors (Lipinski definition) is 2. The third kappa shape index (κ3) is 2.85. The molecule has 1 aromatic carbocycles. The van der Waals surface area contributed by atoms with Crippen molar-refractivity contribution in [2.75, 3.05) is 12.4 Å². The Bertz CT molecular complexity index is 549. The molecule has 92 valence electrons. The Balaban J connectivity index is 2.19. The van der Waals surface area contributed by atoms with Gasteiger partial charge in [-0.2, -0.15) is 0 Å². The zero-order chi connectivity index (χ0) is 13.0. The van der Waals surface area contributed by atoms with Gasteiger partial charge in [-0.05, 0) is 31.2 Å². The summed E-state index contributed by atoms with van der Waals surface area (Å²) in [7, 11) is 1.58. The maximum Gasteiger partial charge on any atom is 0.318 e. The molecular formula is C14H15N3O. The van der Waals surface area contributed by atoms with Crippen LogP contribution in [0.3, 0.4) is 0 Å². The topological polar surface area (TPSA) is 54.0 Å². The van der Waals surface area contributed by atoms with Gasteiger partial charge in [0.05, 0.1) is 5.69 Å². The summed E-state index contributed by atoms with van der Waals surface area (Å²) < 4.78 is 0. The standard InChI is InChI=1S/C14H15N3O/c1-10-4-3-5-13(16-10)11-6-8-12(9-7-11)17-14(18)15-2/h3-9H,1-2H3,(H2,15,17,18). The number of nitrogens with zero attached hydrogens (tertiary/aromatic N) is 1. The first-order valence-corrected chi connectivity index (χ1v) is 5.72. The first-order valence-electron chi connectivity index (χ1n) is 5.72. The maximum absolute atomic E-state index is 11.1. The number of urea groups is 1. The summed E-state index contributed by atoms with van der Waals surface area (Å²) in [6, 6.07) is 13.3. The Kier molecular flexibility index (Phi) is 3.57. The molecule has 1 aromatic heterocycles. The molecule has 0 radical (unpaired) electrons. The Morgan fingerprint density at radius 1 is 1.11 bits per heavy atom. The summed E-state index contributed by atoms with van der Waals surface area (Å²) in [5.74, 6) is 0. The number of hydrogen-bond acceptors (Lipinski definition) is 2. The predicted molar refractivity (Wildman–Crippen MR) is 72.5 cm³/mol. The number of aromatic nitrogens is 1. The minimum Gasteiger partial charge on any atom is -0.341 e. The number of carbonyl (C=O) groups excluding carboxylic acids is 1. The molecule has 2 amide bonds. The molecule has 0 aliphatic heterocycles. The molecule has 0 spiro atoms. The lowest BCUT2D eigenvalue weighted by Crippen LogP contribution is -2.24. The van der Waals surface area contributed by atoms with Crippen LogP contribution in [0, 0.1) is 6.92 Å². The Morgan fingerprint density at radius 3 is 2.44 bits per heavy atom. The van der Waals surface area contributed by atoms with Gasteiger partial charge in [0.25, 0.3) is 0 Å². The molecule has 2 rings (SSSR count). The second-order valence-corrected chi connectivity index (χ2v) is 3.95. The van der Waals surface area contributed by atoms with E-state index in [0.717, 1.165) is 22.6 Å². The summed E-state index contributed by atoms with van der Waals surface area (Å²) in [5.41, 5.74) is 3.70. The van der Waals surface area contributed by atoms with Gasteiger partial charge in [-0.1, -0.05) is 18.2 Å². The Hall–Kier alpha value is -2.36. The van der Waals surface area contributed by atoms with Crippen molar-refractivity contribution in [1.29, 1.82) is 0 Å². The van der Waals surface area contributed by atoms with Crippen molar-refractivity contribution in [2.45, 2.75) is 6.92 Å². The van der Waals surface area contributed by atoms with Crippen molar-refractivity contribution in [3.05, 3.63) is 48.2 Å². The van der Waals surface area contributed by atoms with E-state index >= 15 is 0 Å². The number of amides is 2. The van der Waals surface area contributed by atoms with Crippen LogP contribution in [0.4, 0.5) is 10.5 Å². The first kappa shape index (κ1) is 12.1. The fourth-order valence-electron chi connectivity index (χ4n) is 1.62. The fraction of sp³-hybridized carbons (Fsp3) is 0.143. The molecule has 18 heavy (non-hydrogen) atoms. The normalized spacial score (nSPS) is 9.89. The molecule has 2 N–H and O–H groups in total. The summed E-state index contributed by atoms with van der Waals surface area (Å²) in [4.78, 5) is 15.6. The van der Waals surface area contributed by atoms with Gasteiger partial charge < -0.3 is 10.6 Å². The van der Waals surface area contributed by atoms with E-state index in [2.05, 4.69) is 15.6 Å². The number of benzene rings is 1. The first-order chi connectivity index (χ1) is 8.69. The number of aryl methyl sites for hydroxylation is 1. The molecule has 0 bridgehead atoms. The van der Waals surface area contributed by atoms with Gasteiger partial charge in [-0.15, -0.1) is 0 Å². The zero-order valence-electron chi connectivity index (χ0n) is 10.4. The van der Waals surface area contributed by atoms with Crippen LogP contribution in [-0.4, -0.2) is 18.1 Å². The van der Waals surface area contributed by atoms with E-state index in [1.165, 1.54) is 0 Å². The van der Waals surface area contributed by atoms with Crippen LogP contribution in [-0.2, 0) is 0 Å². The molecule has 0 saturated carbocycles. The van der Waals surface area contributed by atoms with Crippen LogP contribution in [0.5, 0.6) is 0 Å². The van der Waals surface area contributed by atoms with E-state index in [9.17, 15) is 4.79 Å². The number of carbonyl (C=O) groups is 1. The van der Waals surface area contributed by atoms with Gasteiger partial charge in [0.2, 0.25) is 0 Å². The van der Waals surface area contributed by atoms with Crippen molar-refractivity contribution < 1.29 is 4.79 Å². The van der Waals surface area contributed by atoms with Crippen LogP contribution >= 0.6 is 0 Å². The molecule has 0 unspecified atom stereocenters. The number of rotatable bonds is 2. The van der Waals surface area contributed by atoms with Gasteiger partial charge >= 0.3 is 6.03 Å². The summed E-state index contributed by atoms with van der Waals surface area (Å²) in [5, 5.41) is 5.22. The second-order valence-electron chi connectivity index (χ2n) is 3.95. The lowest BCUT2D eigenvalue weighted by atomic mass is 10.1. The summed E-state index contributed by atoms with van der Waals surface area (Å²) >= 11 is 0. The van der Waals surface area contributed by atoms with E-state index in [1.807, 2.05) is 49.4 Å². The fourth-order valence-corrected chi connectivity index (χ4v) is 1.62. The third-order valence-electron chi connectivity index (χ3n) is 2.55. The quantitative estimate of drug-likeness (QED) is 0.849. The average molecular weight is 241 g/mol. The van der Waals surface area contributed by atoms with Gasteiger partial charge in [0.15, 0.2) is 0 Å². The van der Waals surface area contributed by atoms with E-state index in [0.29, 0.717) is 0 Å². The van der Waals surface area contributed by atoms with Crippen molar-refractivity contribution in [1.82, 2.24) is 10.3 Å². The number of nitrogens with one attached hydrogen (secondary N) is 2. The van der Waals surface area contributed by atoms with Crippen LogP contribution < -0.4 is 10.6 Å². The maximum atomic E-state index is 11.1. The minimum absolute atomic E-state index is 0.226. The van der Waals surface area contributed by atoms with E-state index in [4.69, 9.17) is 0 Å². The molecule has 0 saturated heterocycles. The van der Waals surface area contributed by atoms with E-state index in [1.54, 1.807) is 7.05 Å². The zero-order valence-corrected chi connectivity index (χ0v) is 10.4. The predicted octanol–water partition coefficient (Wildman–Crippen LogP) is 2.81. The Labute approximate surface area is 106 Å². The molecule has 0 atom stereocenters. The highest BCUT2D eigenvalue weighted by Gasteiger charge is 2.01. The lowest BCUT2D eigenvalue weighted by Gasteiger charge is -2.06. The summed E-state index contributed by atoms with van der Waals surface area (Å²) in [6.45, 7) is 1.96. The van der Waals surface area contributed by atoms with Crippen molar-refractivity contribution in [3.8, 4) is 11.3 Å². The number of anilines is 1. The van der Waals surface area contributed by atoms with Gasteiger partial charge in [0.1, 0.15) is 0 Å². The summed E-state index contributed by atoms with van der Waals surface area (Å²) in [6.07, 6.45) is 0. The highest BCUT2D eigenvalue weighted by molar-refractivity contribution is 5.89. The van der Waals surface area contributed by atoms with Gasteiger partial charge in [-0.25, -0.2) is 4.79 Å². The number of pyridine rings is 1. The molecule has 0 fully saturated rings. The SMILES string of the molecule is CNC(=O)Nc1ccc(-c2cccc(C)n2)cc1. The molecule has 1 heterocycles. The molecule has 0 aliphatic carbocycles. The van der Waals surface area contributed by atoms with Gasteiger partial charge in [-0.3, -0.25) is 4.98 Å². The van der Waals surface area contributed by atoms with Crippen molar-refractivity contribution in [3.63, 3.8) is 0 Å². The smallest absolute Gasteiger partial charge is 0.318 e. The monoisotopic (exact) mass is 241 g/mol. The van der Waals surface area contributed by atoms with Crippen LogP contribution in [0.25, 0.3) is 11.3 Å². The minimum atomic E-state index is -0.226. The van der Waals surface area contributed by atoms with Crippen molar-refractivity contribution in [2.24, 2.45) is 0 Å². The largest absolute Gasteiger partial charge is 0.341 e. The molecule has 2 aromatic rings. The highest BCUT2D eigenvalue weighted by atomic mass is 16.2. The molecule has 4 nitrogen and oxygen atoms in total. The van der Waals surface area contributed by atoms with Crippen molar-refractivity contribution >= 4 is 11.7 Å². The molecule has 0 aliphatic rings. The van der Waals surface area contributed by atoms with E-state index < -0.39 is 0 Å². The molecular weight excluding hydrogens is 226 g/mol. The Morgan fingerprint density at radius 2 is 1.83 bits per heavy atom. The van der Waals surface area contributed by atoms with Crippen LogP contribution in [0.2, 0.25) is 0 Å². The van der Waals surface area contributed by atoms with Gasteiger partial charge in [0, 0.05) is 24.0 Å².